The molecule has 2 bridgehead atoms. The average molecular weight is 394 g/mol. The van der Waals surface area contributed by atoms with Crippen LogP contribution < -0.4 is 5.32 Å². The second-order valence-electron chi connectivity index (χ2n) is 7.84. The lowest BCUT2D eigenvalue weighted by atomic mass is 9.60. The Morgan fingerprint density at radius 3 is 2.61 bits per heavy atom. The number of halogens is 3. The first kappa shape index (κ1) is 18.9. The van der Waals surface area contributed by atoms with Crippen LogP contribution in [0.2, 0.25) is 0 Å². The summed E-state index contributed by atoms with van der Waals surface area (Å²) in [6.45, 7) is 1.73. The molecular formula is C19H21F3N4O2. The van der Waals surface area contributed by atoms with Crippen LogP contribution in [-0.2, 0) is 11.0 Å². The molecule has 3 saturated carbocycles. The number of rotatable bonds is 4. The maximum atomic E-state index is 12.9. The fourth-order valence-corrected chi connectivity index (χ4v) is 4.25. The largest absolute Gasteiger partial charge is 0.433 e. The number of pyridine rings is 1. The summed E-state index contributed by atoms with van der Waals surface area (Å²) in [4.78, 5) is 20.4. The van der Waals surface area contributed by atoms with Crippen LogP contribution in [0.3, 0.4) is 0 Å². The third-order valence-corrected chi connectivity index (χ3v) is 6.04. The summed E-state index contributed by atoms with van der Waals surface area (Å²) in [5.41, 5.74) is -1.18. The van der Waals surface area contributed by atoms with Crippen molar-refractivity contribution in [3.8, 4) is 11.4 Å². The molecule has 9 heteroatoms. The fourth-order valence-electron chi connectivity index (χ4n) is 4.25. The highest BCUT2D eigenvalue weighted by molar-refractivity contribution is 5.83. The van der Waals surface area contributed by atoms with Crippen molar-refractivity contribution in [2.45, 2.75) is 57.7 Å². The van der Waals surface area contributed by atoms with E-state index in [1.807, 2.05) is 0 Å². The average Bonchev–Trinajstić information content (AvgIpc) is 3.19. The van der Waals surface area contributed by atoms with Gasteiger partial charge in [0.05, 0.1) is 0 Å². The fraction of sp³-hybridized carbons (Fsp3) is 0.579. The van der Waals surface area contributed by atoms with E-state index >= 15 is 0 Å². The maximum absolute atomic E-state index is 12.9. The van der Waals surface area contributed by atoms with Gasteiger partial charge in [-0.1, -0.05) is 5.16 Å². The molecule has 3 aliphatic rings. The number of hydrogen-bond donors (Lipinski definition) is 1. The molecule has 2 heterocycles. The molecule has 28 heavy (non-hydrogen) atoms. The Kier molecular flexibility index (Phi) is 4.63. The molecule has 2 aromatic rings. The summed E-state index contributed by atoms with van der Waals surface area (Å²) in [7, 11) is 0. The van der Waals surface area contributed by atoms with Gasteiger partial charge in [-0.2, -0.15) is 18.2 Å². The highest BCUT2D eigenvalue weighted by atomic mass is 19.4. The predicted molar refractivity (Wildman–Crippen MR) is 92.7 cm³/mol. The van der Waals surface area contributed by atoms with E-state index in [0.29, 0.717) is 0 Å². The molecule has 0 unspecified atom stereocenters. The molecule has 0 radical (unpaired) electrons. The summed E-state index contributed by atoms with van der Waals surface area (Å²) < 4.78 is 43.7. The standard InChI is InChI=1S/C19H21F3N4O2/c1-11(24-17(27)18-6-2-12(3-7-18)4-8-18)16-25-15(26-28-16)13-5-9-23-14(10-13)19(20,21)22/h5,9-12H,2-4,6-8H2,1H3,(H,24,27)/t11-,12?,18?/m0/s1. The Morgan fingerprint density at radius 2 is 1.96 bits per heavy atom. The van der Waals surface area contributed by atoms with Crippen LogP contribution in [0, 0.1) is 11.3 Å². The molecule has 0 aromatic carbocycles. The third kappa shape index (κ3) is 3.49. The van der Waals surface area contributed by atoms with Gasteiger partial charge in [0.2, 0.25) is 17.6 Å². The molecule has 3 aliphatic carbocycles. The molecule has 3 fully saturated rings. The van der Waals surface area contributed by atoms with E-state index in [1.165, 1.54) is 6.07 Å². The van der Waals surface area contributed by atoms with Crippen molar-refractivity contribution in [2.75, 3.05) is 0 Å². The van der Waals surface area contributed by atoms with Crippen molar-refractivity contribution in [3.05, 3.63) is 29.9 Å². The van der Waals surface area contributed by atoms with Crippen molar-refractivity contribution < 1.29 is 22.5 Å². The Hall–Kier alpha value is -2.45. The summed E-state index contributed by atoms with van der Waals surface area (Å²) in [6, 6.07) is 1.73. The summed E-state index contributed by atoms with van der Waals surface area (Å²) in [6.07, 6.45) is 2.50. The van der Waals surface area contributed by atoms with Gasteiger partial charge in [-0.15, -0.1) is 0 Å². The van der Waals surface area contributed by atoms with E-state index in [2.05, 4.69) is 20.4 Å². The molecule has 1 amide bonds. The van der Waals surface area contributed by atoms with Crippen molar-refractivity contribution in [2.24, 2.45) is 11.3 Å². The van der Waals surface area contributed by atoms with Crippen LogP contribution in [0.5, 0.6) is 0 Å². The zero-order valence-electron chi connectivity index (χ0n) is 15.4. The van der Waals surface area contributed by atoms with Gasteiger partial charge in [0.1, 0.15) is 11.7 Å². The SMILES string of the molecule is C[C@H](NC(=O)C12CCC(CC1)CC2)c1nc(-c2ccnc(C(F)(F)F)c2)no1. The molecule has 0 spiro atoms. The van der Waals surface area contributed by atoms with Gasteiger partial charge in [-0.3, -0.25) is 9.78 Å². The van der Waals surface area contributed by atoms with Gasteiger partial charge in [-0.25, -0.2) is 0 Å². The molecule has 5 rings (SSSR count). The molecule has 0 saturated heterocycles. The molecule has 6 nitrogen and oxygen atoms in total. The maximum Gasteiger partial charge on any atom is 0.433 e. The lowest BCUT2D eigenvalue weighted by molar-refractivity contribution is -0.141. The Balaban J connectivity index is 1.47. The highest BCUT2D eigenvalue weighted by Gasteiger charge is 2.46. The summed E-state index contributed by atoms with van der Waals surface area (Å²) >= 11 is 0. The number of aromatic nitrogens is 3. The number of hydrogen-bond acceptors (Lipinski definition) is 5. The third-order valence-electron chi connectivity index (χ3n) is 6.04. The normalized spacial score (nSPS) is 25.5. The lowest BCUT2D eigenvalue weighted by Crippen LogP contribution is -2.47. The Labute approximate surface area is 159 Å². The smallest absolute Gasteiger partial charge is 0.344 e. The highest BCUT2D eigenvalue weighted by Crippen LogP contribution is 2.50. The van der Waals surface area contributed by atoms with E-state index in [-0.39, 0.29) is 28.6 Å². The van der Waals surface area contributed by atoms with Crippen LogP contribution in [0.25, 0.3) is 11.4 Å². The number of fused-ring (bicyclic) bond motifs is 3. The number of amides is 1. The molecule has 150 valence electrons. The predicted octanol–water partition coefficient (Wildman–Crippen LogP) is 4.30. The van der Waals surface area contributed by atoms with Gasteiger partial charge in [0.25, 0.3) is 0 Å². The summed E-state index contributed by atoms with van der Waals surface area (Å²) in [5.74, 6) is 0.948. The number of nitrogens with one attached hydrogen (secondary N) is 1. The van der Waals surface area contributed by atoms with E-state index in [0.717, 1.165) is 56.7 Å². The van der Waals surface area contributed by atoms with Gasteiger partial charge >= 0.3 is 6.18 Å². The monoisotopic (exact) mass is 394 g/mol. The van der Waals surface area contributed by atoms with E-state index < -0.39 is 17.9 Å². The van der Waals surface area contributed by atoms with Crippen molar-refractivity contribution in [3.63, 3.8) is 0 Å². The summed E-state index contributed by atoms with van der Waals surface area (Å²) in [5, 5.41) is 6.72. The van der Waals surface area contributed by atoms with E-state index in [4.69, 9.17) is 4.52 Å². The van der Waals surface area contributed by atoms with Gasteiger partial charge in [0, 0.05) is 17.2 Å². The number of carbonyl (C=O) groups excluding carboxylic acids is 1. The molecule has 0 aliphatic heterocycles. The Morgan fingerprint density at radius 1 is 1.29 bits per heavy atom. The minimum absolute atomic E-state index is 0.00108. The Bertz CT molecular complexity index is 858. The minimum atomic E-state index is -4.55. The molecule has 2 aromatic heterocycles. The first-order chi connectivity index (χ1) is 13.3. The molecular weight excluding hydrogens is 373 g/mol. The second-order valence-corrected chi connectivity index (χ2v) is 7.84. The van der Waals surface area contributed by atoms with Gasteiger partial charge in [0.15, 0.2) is 0 Å². The number of nitrogens with zero attached hydrogens (tertiary/aromatic N) is 3. The first-order valence-electron chi connectivity index (χ1n) is 9.45. The van der Waals surface area contributed by atoms with E-state index in [1.54, 1.807) is 6.92 Å². The molecule has 1 N–H and O–H groups in total. The van der Waals surface area contributed by atoms with Crippen LogP contribution in [0.4, 0.5) is 13.2 Å². The van der Waals surface area contributed by atoms with E-state index in [9.17, 15) is 18.0 Å². The van der Waals surface area contributed by atoms with Crippen LogP contribution in [0.1, 0.15) is 63.1 Å². The molecule has 1 atom stereocenters. The zero-order valence-corrected chi connectivity index (χ0v) is 15.4. The van der Waals surface area contributed by atoms with Gasteiger partial charge < -0.3 is 9.84 Å². The topological polar surface area (TPSA) is 80.9 Å². The number of alkyl halides is 3. The number of carbonyl (C=O) groups is 1. The lowest BCUT2D eigenvalue weighted by Gasteiger charge is -2.45. The van der Waals surface area contributed by atoms with Crippen molar-refractivity contribution >= 4 is 5.91 Å². The zero-order chi connectivity index (χ0) is 19.9. The first-order valence-corrected chi connectivity index (χ1v) is 9.45. The quantitative estimate of drug-likeness (QED) is 0.836. The van der Waals surface area contributed by atoms with Crippen LogP contribution >= 0.6 is 0 Å². The van der Waals surface area contributed by atoms with Crippen molar-refractivity contribution in [1.82, 2.24) is 20.4 Å². The minimum Gasteiger partial charge on any atom is -0.344 e. The van der Waals surface area contributed by atoms with Crippen molar-refractivity contribution in [1.29, 1.82) is 0 Å². The van der Waals surface area contributed by atoms with Gasteiger partial charge in [-0.05, 0) is 63.5 Å². The van der Waals surface area contributed by atoms with Crippen LogP contribution in [-0.4, -0.2) is 21.0 Å². The van der Waals surface area contributed by atoms with Crippen LogP contribution in [0.15, 0.2) is 22.9 Å². The second kappa shape index (κ2) is 6.86.